The van der Waals surface area contributed by atoms with E-state index in [1.54, 1.807) is 7.11 Å². The SMILES string of the molecule is COCCOc1ccc(CNC(=O)NC(C)C)cc1. The monoisotopic (exact) mass is 266 g/mol. The Balaban J connectivity index is 2.33. The van der Waals surface area contributed by atoms with Gasteiger partial charge in [0.1, 0.15) is 12.4 Å². The van der Waals surface area contributed by atoms with Gasteiger partial charge in [-0.1, -0.05) is 12.1 Å². The lowest BCUT2D eigenvalue weighted by Gasteiger charge is -2.10. The summed E-state index contributed by atoms with van der Waals surface area (Å²) >= 11 is 0. The van der Waals surface area contributed by atoms with E-state index in [0.29, 0.717) is 19.8 Å². The lowest BCUT2D eigenvalue weighted by atomic mass is 10.2. The highest BCUT2D eigenvalue weighted by Crippen LogP contribution is 2.11. The van der Waals surface area contributed by atoms with Gasteiger partial charge in [0.2, 0.25) is 0 Å². The molecule has 19 heavy (non-hydrogen) atoms. The molecule has 1 aromatic rings. The summed E-state index contributed by atoms with van der Waals surface area (Å²) in [4.78, 5) is 11.4. The summed E-state index contributed by atoms with van der Waals surface area (Å²) in [5.74, 6) is 0.799. The fourth-order valence-corrected chi connectivity index (χ4v) is 1.44. The van der Waals surface area contributed by atoms with Crippen molar-refractivity contribution in [1.82, 2.24) is 10.6 Å². The molecule has 0 aliphatic carbocycles. The lowest BCUT2D eigenvalue weighted by Crippen LogP contribution is -2.38. The molecular formula is C14H22N2O3. The number of rotatable bonds is 7. The molecule has 1 aromatic carbocycles. The molecule has 0 fully saturated rings. The summed E-state index contributed by atoms with van der Waals surface area (Å²) in [5, 5.41) is 5.56. The Morgan fingerprint density at radius 1 is 1.21 bits per heavy atom. The van der Waals surface area contributed by atoms with Crippen molar-refractivity contribution >= 4 is 6.03 Å². The minimum atomic E-state index is -0.157. The molecule has 0 heterocycles. The van der Waals surface area contributed by atoms with Gasteiger partial charge in [0, 0.05) is 19.7 Å². The van der Waals surface area contributed by atoms with Crippen LogP contribution < -0.4 is 15.4 Å². The summed E-state index contributed by atoms with van der Waals surface area (Å²) in [6, 6.07) is 7.60. The van der Waals surface area contributed by atoms with Crippen molar-refractivity contribution in [2.24, 2.45) is 0 Å². The number of ether oxygens (including phenoxy) is 2. The molecule has 0 atom stereocenters. The fourth-order valence-electron chi connectivity index (χ4n) is 1.44. The van der Waals surface area contributed by atoms with Crippen LogP contribution in [0.3, 0.4) is 0 Å². The first-order chi connectivity index (χ1) is 9.11. The van der Waals surface area contributed by atoms with Crippen LogP contribution in [-0.2, 0) is 11.3 Å². The topological polar surface area (TPSA) is 59.6 Å². The van der Waals surface area contributed by atoms with Crippen LogP contribution >= 0.6 is 0 Å². The Morgan fingerprint density at radius 2 is 1.89 bits per heavy atom. The number of nitrogens with one attached hydrogen (secondary N) is 2. The molecule has 0 bridgehead atoms. The highest BCUT2D eigenvalue weighted by atomic mass is 16.5. The third-order valence-electron chi connectivity index (χ3n) is 2.35. The summed E-state index contributed by atoms with van der Waals surface area (Å²) in [6.45, 7) is 5.44. The number of methoxy groups -OCH3 is 1. The molecule has 1 rings (SSSR count). The smallest absolute Gasteiger partial charge is 0.315 e. The van der Waals surface area contributed by atoms with Crippen LogP contribution in [0.15, 0.2) is 24.3 Å². The molecule has 0 aliphatic rings. The van der Waals surface area contributed by atoms with E-state index in [9.17, 15) is 4.79 Å². The molecule has 0 spiro atoms. The molecule has 0 aromatic heterocycles. The largest absolute Gasteiger partial charge is 0.491 e. The van der Waals surface area contributed by atoms with Gasteiger partial charge in [-0.25, -0.2) is 4.79 Å². The van der Waals surface area contributed by atoms with Crippen molar-refractivity contribution in [3.63, 3.8) is 0 Å². The number of urea groups is 1. The van der Waals surface area contributed by atoms with Gasteiger partial charge in [0.25, 0.3) is 0 Å². The van der Waals surface area contributed by atoms with E-state index in [1.165, 1.54) is 0 Å². The van der Waals surface area contributed by atoms with Crippen molar-refractivity contribution in [3.8, 4) is 5.75 Å². The van der Waals surface area contributed by atoms with Gasteiger partial charge in [0.15, 0.2) is 0 Å². The standard InChI is InChI=1S/C14H22N2O3/c1-11(2)16-14(17)15-10-12-4-6-13(7-5-12)19-9-8-18-3/h4-7,11H,8-10H2,1-3H3,(H2,15,16,17). The predicted octanol–water partition coefficient (Wildman–Crippen LogP) is 1.92. The maximum absolute atomic E-state index is 11.4. The van der Waals surface area contributed by atoms with E-state index in [2.05, 4.69) is 10.6 Å². The molecule has 0 radical (unpaired) electrons. The highest BCUT2D eigenvalue weighted by Gasteiger charge is 2.02. The Bertz CT molecular complexity index is 377. The molecule has 106 valence electrons. The van der Waals surface area contributed by atoms with Crippen LogP contribution in [0.4, 0.5) is 4.79 Å². The van der Waals surface area contributed by atoms with Crippen molar-refractivity contribution in [1.29, 1.82) is 0 Å². The van der Waals surface area contributed by atoms with Crippen molar-refractivity contribution in [3.05, 3.63) is 29.8 Å². The van der Waals surface area contributed by atoms with Gasteiger partial charge in [-0.15, -0.1) is 0 Å². The fraction of sp³-hybridized carbons (Fsp3) is 0.500. The maximum Gasteiger partial charge on any atom is 0.315 e. The van der Waals surface area contributed by atoms with Crippen LogP contribution in [-0.4, -0.2) is 32.4 Å². The van der Waals surface area contributed by atoms with Gasteiger partial charge >= 0.3 is 6.03 Å². The molecule has 0 saturated carbocycles. The van der Waals surface area contributed by atoms with Crippen molar-refractivity contribution in [2.75, 3.05) is 20.3 Å². The summed E-state index contributed by atoms with van der Waals surface area (Å²) in [5.41, 5.74) is 1.03. The number of hydrogen-bond donors (Lipinski definition) is 2. The number of amides is 2. The zero-order valence-electron chi connectivity index (χ0n) is 11.7. The predicted molar refractivity (Wildman–Crippen MR) is 74.3 cm³/mol. The van der Waals surface area contributed by atoms with Crippen LogP contribution in [0.1, 0.15) is 19.4 Å². The summed E-state index contributed by atoms with van der Waals surface area (Å²) in [6.07, 6.45) is 0. The van der Waals surface area contributed by atoms with Gasteiger partial charge in [0.05, 0.1) is 6.61 Å². The second kappa shape index (κ2) is 8.37. The Labute approximate surface area is 114 Å². The van der Waals surface area contributed by atoms with Gasteiger partial charge in [-0.2, -0.15) is 0 Å². The molecule has 2 amide bonds. The molecule has 5 heteroatoms. The molecule has 0 aliphatic heterocycles. The normalized spacial score (nSPS) is 10.3. The van der Waals surface area contributed by atoms with E-state index >= 15 is 0 Å². The third kappa shape index (κ3) is 6.67. The van der Waals surface area contributed by atoms with Crippen LogP contribution in [0.25, 0.3) is 0 Å². The third-order valence-corrected chi connectivity index (χ3v) is 2.35. The number of benzene rings is 1. The zero-order valence-corrected chi connectivity index (χ0v) is 11.7. The first-order valence-corrected chi connectivity index (χ1v) is 6.37. The van der Waals surface area contributed by atoms with Crippen molar-refractivity contribution < 1.29 is 14.3 Å². The molecule has 2 N–H and O–H groups in total. The zero-order chi connectivity index (χ0) is 14.1. The Hall–Kier alpha value is -1.75. The summed E-state index contributed by atoms with van der Waals surface area (Å²) < 4.78 is 10.4. The minimum Gasteiger partial charge on any atom is -0.491 e. The quantitative estimate of drug-likeness (QED) is 0.741. The Morgan fingerprint density at radius 3 is 2.47 bits per heavy atom. The van der Waals surface area contributed by atoms with E-state index in [4.69, 9.17) is 9.47 Å². The second-order valence-electron chi connectivity index (χ2n) is 4.47. The maximum atomic E-state index is 11.4. The molecule has 0 saturated heterocycles. The first-order valence-electron chi connectivity index (χ1n) is 6.37. The molecule has 0 unspecified atom stereocenters. The number of carbonyl (C=O) groups excluding carboxylic acids is 1. The lowest BCUT2D eigenvalue weighted by molar-refractivity contribution is 0.146. The van der Waals surface area contributed by atoms with Crippen LogP contribution in [0.2, 0.25) is 0 Å². The first kappa shape index (κ1) is 15.3. The minimum absolute atomic E-state index is 0.136. The van der Waals surface area contributed by atoms with E-state index in [0.717, 1.165) is 11.3 Å². The highest BCUT2D eigenvalue weighted by molar-refractivity contribution is 5.74. The van der Waals surface area contributed by atoms with E-state index in [-0.39, 0.29) is 12.1 Å². The average molecular weight is 266 g/mol. The van der Waals surface area contributed by atoms with E-state index < -0.39 is 0 Å². The second-order valence-corrected chi connectivity index (χ2v) is 4.47. The van der Waals surface area contributed by atoms with Crippen LogP contribution in [0.5, 0.6) is 5.75 Å². The van der Waals surface area contributed by atoms with Gasteiger partial charge < -0.3 is 20.1 Å². The van der Waals surface area contributed by atoms with E-state index in [1.807, 2.05) is 38.1 Å². The van der Waals surface area contributed by atoms with Crippen LogP contribution in [0, 0.1) is 0 Å². The number of carbonyl (C=O) groups is 1. The van der Waals surface area contributed by atoms with Gasteiger partial charge in [-0.05, 0) is 31.5 Å². The summed E-state index contributed by atoms with van der Waals surface area (Å²) in [7, 11) is 1.64. The molecule has 5 nitrogen and oxygen atoms in total. The average Bonchev–Trinajstić information content (AvgIpc) is 2.37. The van der Waals surface area contributed by atoms with Gasteiger partial charge in [-0.3, -0.25) is 0 Å². The van der Waals surface area contributed by atoms with Crippen molar-refractivity contribution in [2.45, 2.75) is 26.4 Å². The number of hydrogen-bond acceptors (Lipinski definition) is 3. The molecular weight excluding hydrogens is 244 g/mol. The Kier molecular flexibility index (Phi) is 6.74.